The molecule has 6 rings (SSSR count). The number of para-hydroxylation sites is 1. The Balaban J connectivity index is 1.36. The number of nitrogens with one attached hydrogen (secondary N) is 1. The highest BCUT2D eigenvalue weighted by Crippen LogP contribution is 2.30. The molecule has 1 N–H and O–H groups in total. The number of hydrogen-bond acceptors (Lipinski definition) is 7. The molecule has 2 atom stereocenters. The second-order valence-corrected chi connectivity index (χ2v) is 9.85. The first-order valence-corrected chi connectivity index (χ1v) is 12.8. The van der Waals surface area contributed by atoms with Crippen molar-refractivity contribution in [2.75, 3.05) is 37.7 Å². The number of H-pyrrole nitrogens is 1. The highest BCUT2D eigenvalue weighted by molar-refractivity contribution is 5.82. The Morgan fingerprint density at radius 1 is 1.14 bits per heavy atom. The summed E-state index contributed by atoms with van der Waals surface area (Å²) in [7, 11) is 0. The summed E-state index contributed by atoms with van der Waals surface area (Å²) in [4.78, 5) is 21.1. The van der Waals surface area contributed by atoms with Crippen molar-refractivity contribution in [3.63, 3.8) is 0 Å². The van der Waals surface area contributed by atoms with Gasteiger partial charge in [0.2, 0.25) is 0 Å². The topological polar surface area (TPSA) is 92.2 Å². The number of pyridine rings is 1. The van der Waals surface area contributed by atoms with E-state index in [2.05, 4.69) is 30.3 Å². The lowest BCUT2D eigenvalue weighted by Crippen LogP contribution is -2.49. The number of hydrogen-bond donors (Lipinski definition) is 1. The van der Waals surface area contributed by atoms with Gasteiger partial charge in [0.1, 0.15) is 11.9 Å². The van der Waals surface area contributed by atoms with Crippen molar-refractivity contribution in [2.45, 2.75) is 38.5 Å². The van der Waals surface area contributed by atoms with Crippen LogP contribution in [0.5, 0.6) is 0 Å². The van der Waals surface area contributed by atoms with Crippen LogP contribution in [0.1, 0.15) is 35.8 Å². The van der Waals surface area contributed by atoms with Crippen molar-refractivity contribution in [1.29, 1.82) is 0 Å². The molecule has 2 aromatic heterocycles. The zero-order chi connectivity index (χ0) is 25.4. The maximum Gasteiger partial charge on any atom is 0.253 e. The lowest BCUT2D eigenvalue weighted by Gasteiger charge is -2.39. The van der Waals surface area contributed by atoms with E-state index in [9.17, 15) is 9.18 Å². The summed E-state index contributed by atoms with van der Waals surface area (Å²) in [6.45, 7) is 6.16. The fourth-order valence-corrected chi connectivity index (χ4v) is 5.51. The van der Waals surface area contributed by atoms with Gasteiger partial charge in [-0.15, -0.1) is 5.10 Å². The molecule has 0 aliphatic carbocycles. The molecule has 2 fully saturated rings. The standard InChI is InChI=1S/C27H30FN7O2/c1-18-4-2-5-19-16-23(27(36)29-24(18)19)25(26-30-31-32-35(26)17-22-6-3-15-37-22)34-13-11-33(12-14-34)21-9-7-20(28)8-10-21/h2,4-5,7-10,16,22,25H,3,6,11-15,17H2,1H3,(H,29,36)/t22-,25-/m1/s1. The van der Waals surface area contributed by atoms with E-state index in [1.807, 2.05) is 31.2 Å². The SMILES string of the molecule is Cc1cccc2cc([C@H](c3nnnn3C[C@H]3CCCO3)N3CCN(c4ccc(F)cc4)CC3)c(=O)[nH]c12. The van der Waals surface area contributed by atoms with Crippen LogP contribution in [-0.4, -0.2) is 69.0 Å². The number of fused-ring (bicyclic) bond motifs is 1. The van der Waals surface area contributed by atoms with Crippen molar-refractivity contribution in [1.82, 2.24) is 30.1 Å². The van der Waals surface area contributed by atoms with E-state index in [4.69, 9.17) is 4.74 Å². The monoisotopic (exact) mass is 503 g/mol. The summed E-state index contributed by atoms with van der Waals surface area (Å²) < 4.78 is 21.1. The number of aromatic amines is 1. The van der Waals surface area contributed by atoms with E-state index < -0.39 is 6.04 Å². The first kappa shape index (κ1) is 23.7. The number of ether oxygens (including phenoxy) is 1. The molecule has 4 heterocycles. The lowest BCUT2D eigenvalue weighted by atomic mass is 10.0. The van der Waals surface area contributed by atoms with Crippen molar-refractivity contribution in [3.8, 4) is 0 Å². The highest BCUT2D eigenvalue weighted by Gasteiger charge is 2.33. The van der Waals surface area contributed by atoms with E-state index in [0.717, 1.165) is 54.7 Å². The van der Waals surface area contributed by atoms with Gasteiger partial charge in [-0.3, -0.25) is 9.69 Å². The Morgan fingerprint density at radius 2 is 1.95 bits per heavy atom. The number of rotatable bonds is 6. The molecule has 2 aliphatic heterocycles. The predicted octanol–water partition coefficient (Wildman–Crippen LogP) is 3.05. The zero-order valence-electron chi connectivity index (χ0n) is 20.8. The number of piperazine rings is 1. The highest BCUT2D eigenvalue weighted by atomic mass is 19.1. The van der Waals surface area contributed by atoms with Gasteiger partial charge in [-0.05, 0) is 71.5 Å². The molecule has 0 radical (unpaired) electrons. The van der Waals surface area contributed by atoms with Gasteiger partial charge < -0.3 is 14.6 Å². The molecule has 0 amide bonds. The average molecular weight is 504 g/mol. The van der Waals surface area contributed by atoms with Crippen LogP contribution >= 0.6 is 0 Å². The minimum absolute atomic E-state index is 0.0655. The third-order valence-electron chi connectivity index (χ3n) is 7.49. The minimum atomic E-state index is -0.416. The maximum atomic E-state index is 13.5. The number of aryl methyl sites for hydroxylation is 1. The van der Waals surface area contributed by atoms with Gasteiger partial charge in [0.15, 0.2) is 5.82 Å². The van der Waals surface area contributed by atoms with Crippen molar-refractivity contribution < 1.29 is 9.13 Å². The molecule has 4 aromatic rings. The Hall–Kier alpha value is -3.63. The predicted molar refractivity (Wildman–Crippen MR) is 138 cm³/mol. The zero-order valence-corrected chi connectivity index (χ0v) is 20.8. The first-order valence-electron chi connectivity index (χ1n) is 12.8. The molecule has 0 spiro atoms. The van der Waals surface area contributed by atoms with Crippen LogP contribution in [0.15, 0.2) is 53.3 Å². The van der Waals surface area contributed by atoms with Crippen LogP contribution in [0.3, 0.4) is 0 Å². The summed E-state index contributed by atoms with van der Waals surface area (Å²) in [6, 6.07) is 14.1. The fourth-order valence-electron chi connectivity index (χ4n) is 5.51. The summed E-state index contributed by atoms with van der Waals surface area (Å²) in [5.74, 6) is 0.398. The Kier molecular flexibility index (Phi) is 6.43. The van der Waals surface area contributed by atoms with Gasteiger partial charge >= 0.3 is 0 Å². The Labute approximate surface area is 213 Å². The number of nitrogens with zero attached hydrogens (tertiary/aromatic N) is 6. The molecular weight excluding hydrogens is 473 g/mol. The van der Waals surface area contributed by atoms with E-state index in [-0.39, 0.29) is 17.5 Å². The van der Waals surface area contributed by atoms with E-state index in [1.54, 1.807) is 16.8 Å². The van der Waals surface area contributed by atoms with E-state index in [0.29, 0.717) is 31.0 Å². The molecule has 0 saturated carbocycles. The molecular formula is C27H30FN7O2. The number of tetrazole rings is 1. The molecule has 10 heteroatoms. The maximum absolute atomic E-state index is 13.5. The minimum Gasteiger partial charge on any atom is -0.376 e. The summed E-state index contributed by atoms with van der Waals surface area (Å²) in [6.07, 6.45) is 2.06. The molecule has 2 aromatic carbocycles. The second kappa shape index (κ2) is 10.0. The quantitative estimate of drug-likeness (QED) is 0.432. The van der Waals surface area contributed by atoms with Crippen LogP contribution in [0.4, 0.5) is 10.1 Å². The lowest BCUT2D eigenvalue weighted by molar-refractivity contribution is 0.0906. The van der Waals surface area contributed by atoms with E-state index >= 15 is 0 Å². The van der Waals surface area contributed by atoms with Gasteiger partial charge in [0, 0.05) is 44.0 Å². The molecule has 0 unspecified atom stereocenters. The summed E-state index contributed by atoms with van der Waals surface area (Å²) in [5, 5.41) is 13.7. The Bertz CT molecular complexity index is 1440. The number of halogens is 1. The number of aromatic nitrogens is 5. The van der Waals surface area contributed by atoms with Gasteiger partial charge in [-0.25, -0.2) is 9.07 Å². The molecule has 0 bridgehead atoms. The van der Waals surface area contributed by atoms with Crippen LogP contribution in [-0.2, 0) is 11.3 Å². The third-order valence-corrected chi connectivity index (χ3v) is 7.49. The summed E-state index contributed by atoms with van der Waals surface area (Å²) in [5.41, 5.74) is 3.33. The molecule has 37 heavy (non-hydrogen) atoms. The molecule has 2 saturated heterocycles. The van der Waals surface area contributed by atoms with E-state index in [1.165, 1.54) is 12.1 Å². The normalized spacial score (nSPS) is 19.5. The first-order chi connectivity index (χ1) is 18.1. The number of anilines is 1. The van der Waals surface area contributed by atoms with Crippen LogP contribution in [0.2, 0.25) is 0 Å². The molecule has 9 nitrogen and oxygen atoms in total. The largest absolute Gasteiger partial charge is 0.376 e. The van der Waals surface area contributed by atoms with Gasteiger partial charge in [-0.2, -0.15) is 0 Å². The summed E-state index contributed by atoms with van der Waals surface area (Å²) >= 11 is 0. The van der Waals surface area contributed by atoms with Crippen molar-refractivity contribution >= 4 is 16.6 Å². The number of benzene rings is 2. The smallest absolute Gasteiger partial charge is 0.253 e. The molecule has 2 aliphatic rings. The fraction of sp³-hybridized carbons (Fsp3) is 0.407. The van der Waals surface area contributed by atoms with Gasteiger partial charge in [0.05, 0.1) is 18.2 Å². The third kappa shape index (κ3) is 4.74. The second-order valence-electron chi connectivity index (χ2n) is 9.85. The van der Waals surface area contributed by atoms with Crippen LogP contribution in [0.25, 0.3) is 10.9 Å². The average Bonchev–Trinajstić information content (AvgIpc) is 3.59. The van der Waals surface area contributed by atoms with Gasteiger partial charge in [-0.1, -0.05) is 18.2 Å². The van der Waals surface area contributed by atoms with Crippen molar-refractivity contribution in [3.05, 3.63) is 81.7 Å². The van der Waals surface area contributed by atoms with Gasteiger partial charge in [0.25, 0.3) is 5.56 Å². The molecule has 192 valence electrons. The van der Waals surface area contributed by atoms with Crippen LogP contribution < -0.4 is 10.5 Å². The van der Waals surface area contributed by atoms with Crippen LogP contribution in [0, 0.1) is 12.7 Å². The Morgan fingerprint density at radius 3 is 2.70 bits per heavy atom. The van der Waals surface area contributed by atoms with Crippen molar-refractivity contribution in [2.24, 2.45) is 0 Å².